The van der Waals surface area contributed by atoms with Gasteiger partial charge in [0.05, 0.1) is 19.1 Å². The van der Waals surface area contributed by atoms with E-state index in [1.54, 1.807) is 0 Å². The Bertz CT molecular complexity index is 923. The first-order chi connectivity index (χ1) is 14.7. The smallest absolute Gasteiger partial charge is 0.315 e. The minimum Gasteiger partial charge on any atom is -0.426 e. The maximum Gasteiger partial charge on any atom is 0.315 e. The van der Waals surface area contributed by atoms with Crippen molar-refractivity contribution < 1.29 is 14.3 Å². The van der Waals surface area contributed by atoms with E-state index in [2.05, 4.69) is 86.6 Å². The molecule has 0 aromatic heterocycles. The number of carbonyl (C=O) groups excluding carboxylic acids is 1. The minimum absolute atomic E-state index is 0.123. The Labute approximate surface area is 194 Å². The zero-order valence-electron chi connectivity index (χ0n) is 21.3. The van der Waals surface area contributed by atoms with Gasteiger partial charge in [0.1, 0.15) is 5.75 Å². The van der Waals surface area contributed by atoms with E-state index in [1.165, 1.54) is 5.56 Å². The SMILES string of the molecule is Cc1cc(C(C)(C)C)c(OC(=O)C2C(COCc3ccccc3)C2(C)C)c(C(C)(C)C)c1. The third kappa shape index (κ3) is 5.26. The van der Waals surface area contributed by atoms with Crippen LogP contribution in [0.2, 0.25) is 0 Å². The van der Waals surface area contributed by atoms with Gasteiger partial charge in [-0.1, -0.05) is 103 Å². The van der Waals surface area contributed by atoms with Crippen molar-refractivity contribution in [2.24, 2.45) is 17.3 Å². The molecule has 0 radical (unpaired) electrons. The van der Waals surface area contributed by atoms with Gasteiger partial charge in [-0.05, 0) is 28.7 Å². The van der Waals surface area contributed by atoms with Gasteiger partial charge >= 0.3 is 5.97 Å². The first-order valence-corrected chi connectivity index (χ1v) is 11.7. The Balaban J connectivity index is 1.79. The summed E-state index contributed by atoms with van der Waals surface area (Å²) in [5.41, 5.74) is 4.14. The van der Waals surface area contributed by atoms with Crippen molar-refractivity contribution in [2.45, 2.75) is 79.8 Å². The summed E-state index contributed by atoms with van der Waals surface area (Å²) in [5, 5.41) is 0. The van der Waals surface area contributed by atoms with E-state index in [4.69, 9.17) is 9.47 Å². The van der Waals surface area contributed by atoms with Gasteiger partial charge in [-0.2, -0.15) is 0 Å². The van der Waals surface area contributed by atoms with Crippen molar-refractivity contribution in [1.82, 2.24) is 0 Å². The fourth-order valence-electron chi connectivity index (χ4n) is 4.56. The molecular formula is C29H40O3. The largest absolute Gasteiger partial charge is 0.426 e. The van der Waals surface area contributed by atoms with Crippen molar-refractivity contribution in [1.29, 1.82) is 0 Å². The molecule has 2 aromatic rings. The van der Waals surface area contributed by atoms with Gasteiger partial charge in [-0.25, -0.2) is 0 Å². The highest BCUT2D eigenvalue weighted by Gasteiger charge is 2.62. The van der Waals surface area contributed by atoms with E-state index in [0.29, 0.717) is 13.2 Å². The van der Waals surface area contributed by atoms with Crippen LogP contribution in [0.4, 0.5) is 0 Å². The summed E-state index contributed by atoms with van der Waals surface area (Å²) < 4.78 is 12.2. The molecule has 2 unspecified atom stereocenters. The van der Waals surface area contributed by atoms with E-state index in [0.717, 1.165) is 22.4 Å². The fraction of sp³-hybridized carbons (Fsp3) is 0.552. The summed E-state index contributed by atoms with van der Waals surface area (Å²) in [6.07, 6.45) is 0. The van der Waals surface area contributed by atoms with E-state index in [-0.39, 0.29) is 34.1 Å². The molecular weight excluding hydrogens is 396 g/mol. The fourth-order valence-corrected chi connectivity index (χ4v) is 4.56. The molecule has 0 bridgehead atoms. The normalized spacial score (nSPS) is 20.2. The zero-order valence-corrected chi connectivity index (χ0v) is 21.3. The van der Waals surface area contributed by atoms with Crippen LogP contribution < -0.4 is 4.74 Å². The summed E-state index contributed by atoms with van der Waals surface area (Å²) in [6, 6.07) is 14.5. The maximum atomic E-state index is 13.4. The molecule has 2 aromatic carbocycles. The Morgan fingerprint density at radius 1 is 0.938 bits per heavy atom. The van der Waals surface area contributed by atoms with Gasteiger partial charge in [0.15, 0.2) is 0 Å². The molecule has 0 N–H and O–H groups in total. The Hall–Kier alpha value is -2.13. The van der Waals surface area contributed by atoms with Crippen LogP contribution in [-0.2, 0) is 27.0 Å². The standard InChI is InChI=1S/C29H40O3/c1-19-15-21(27(2,3)4)25(22(16-19)28(5,6)7)32-26(30)24-23(29(24,8)9)18-31-17-20-13-11-10-12-14-20/h10-16,23-24H,17-18H2,1-9H3. The topological polar surface area (TPSA) is 35.5 Å². The molecule has 0 saturated heterocycles. The van der Waals surface area contributed by atoms with Crippen LogP contribution in [0.1, 0.15) is 77.6 Å². The first kappa shape index (κ1) is 24.5. The summed E-state index contributed by atoms with van der Waals surface area (Å²) in [5.74, 6) is 0.621. The highest BCUT2D eigenvalue weighted by molar-refractivity contribution is 5.81. The summed E-state index contributed by atoms with van der Waals surface area (Å²) >= 11 is 0. The monoisotopic (exact) mass is 436 g/mol. The summed E-state index contributed by atoms with van der Waals surface area (Å²) in [4.78, 5) is 13.4. The quantitative estimate of drug-likeness (QED) is 0.362. The first-order valence-electron chi connectivity index (χ1n) is 11.7. The number of aryl methyl sites for hydroxylation is 1. The Morgan fingerprint density at radius 2 is 1.47 bits per heavy atom. The van der Waals surface area contributed by atoms with Crippen molar-refractivity contribution in [2.75, 3.05) is 6.61 Å². The average Bonchev–Trinajstić information content (AvgIpc) is 3.22. The molecule has 3 rings (SSSR count). The average molecular weight is 437 g/mol. The van der Waals surface area contributed by atoms with E-state index in [9.17, 15) is 4.79 Å². The number of benzene rings is 2. The number of esters is 1. The molecule has 174 valence electrons. The predicted octanol–water partition coefficient (Wildman–Crippen LogP) is 6.98. The molecule has 0 heterocycles. The predicted molar refractivity (Wildman–Crippen MR) is 131 cm³/mol. The van der Waals surface area contributed by atoms with Crippen molar-refractivity contribution in [3.05, 3.63) is 64.7 Å². The van der Waals surface area contributed by atoms with Crippen LogP contribution >= 0.6 is 0 Å². The van der Waals surface area contributed by atoms with Gasteiger partial charge in [-0.15, -0.1) is 0 Å². The third-order valence-corrected chi connectivity index (χ3v) is 6.77. The second-order valence-electron chi connectivity index (χ2n) is 12.0. The summed E-state index contributed by atoms with van der Waals surface area (Å²) in [7, 11) is 0. The van der Waals surface area contributed by atoms with Crippen LogP contribution in [0.15, 0.2) is 42.5 Å². The van der Waals surface area contributed by atoms with E-state index in [1.807, 2.05) is 18.2 Å². The van der Waals surface area contributed by atoms with Crippen LogP contribution in [0, 0.1) is 24.2 Å². The number of hydrogen-bond acceptors (Lipinski definition) is 3. The highest BCUT2D eigenvalue weighted by Crippen LogP contribution is 2.59. The van der Waals surface area contributed by atoms with Gasteiger partial charge in [0, 0.05) is 17.0 Å². The zero-order chi connectivity index (χ0) is 23.9. The minimum atomic E-state index is -0.153. The van der Waals surface area contributed by atoms with Crippen LogP contribution in [0.5, 0.6) is 5.75 Å². The molecule has 0 aliphatic heterocycles. The number of carbonyl (C=O) groups is 1. The van der Waals surface area contributed by atoms with E-state index >= 15 is 0 Å². The van der Waals surface area contributed by atoms with Gasteiger partial charge in [0.2, 0.25) is 0 Å². The number of rotatable bonds is 6. The number of hydrogen-bond donors (Lipinski definition) is 0. The lowest BCUT2D eigenvalue weighted by molar-refractivity contribution is -0.137. The highest BCUT2D eigenvalue weighted by atomic mass is 16.5. The maximum absolute atomic E-state index is 13.4. The third-order valence-electron chi connectivity index (χ3n) is 6.77. The lowest BCUT2D eigenvalue weighted by atomic mass is 9.78. The van der Waals surface area contributed by atoms with Crippen molar-refractivity contribution in [3.63, 3.8) is 0 Å². The van der Waals surface area contributed by atoms with Crippen LogP contribution in [0.3, 0.4) is 0 Å². The molecule has 1 aliphatic carbocycles. The molecule has 1 saturated carbocycles. The van der Waals surface area contributed by atoms with Gasteiger partial charge in [-0.3, -0.25) is 4.79 Å². The Kier molecular flexibility index (Phi) is 6.64. The molecule has 0 spiro atoms. The number of ether oxygens (including phenoxy) is 2. The second-order valence-corrected chi connectivity index (χ2v) is 12.0. The van der Waals surface area contributed by atoms with Crippen LogP contribution in [0.25, 0.3) is 0 Å². The molecule has 3 nitrogen and oxygen atoms in total. The molecule has 3 heteroatoms. The Morgan fingerprint density at radius 3 is 1.97 bits per heavy atom. The molecule has 32 heavy (non-hydrogen) atoms. The lowest BCUT2D eigenvalue weighted by Crippen LogP contribution is -2.23. The van der Waals surface area contributed by atoms with Crippen molar-refractivity contribution in [3.8, 4) is 5.75 Å². The van der Waals surface area contributed by atoms with Gasteiger partial charge < -0.3 is 9.47 Å². The summed E-state index contributed by atoms with van der Waals surface area (Å²) in [6.45, 7) is 20.6. The molecule has 1 aliphatic rings. The molecule has 0 amide bonds. The van der Waals surface area contributed by atoms with Crippen molar-refractivity contribution >= 4 is 5.97 Å². The molecule has 2 atom stereocenters. The molecule has 1 fully saturated rings. The lowest BCUT2D eigenvalue weighted by Gasteiger charge is -2.30. The van der Waals surface area contributed by atoms with Crippen LogP contribution in [-0.4, -0.2) is 12.6 Å². The second kappa shape index (κ2) is 8.67. The van der Waals surface area contributed by atoms with Gasteiger partial charge in [0.25, 0.3) is 0 Å². The van der Waals surface area contributed by atoms with E-state index < -0.39 is 0 Å².